The number of aryl methyl sites for hydroxylation is 1. The highest BCUT2D eigenvalue weighted by Gasteiger charge is 2.14. The van der Waals surface area contributed by atoms with Crippen molar-refractivity contribution in [1.29, 1.82) is 0 Å². The number of amides is 1. The van der Waals surface area contributed by atoms with Gasteiger partial charge in [-0.25, -0.2) is 0 Å². The molecule has 0 aliphatic heterocycles. The lowest BCUT2D eigenvalue weighted by atomic mass is 10.1. The van der Waals surface area contributed by atoms with Crippen molar-refractivity contribution < 1.29 is 4.79 Å². The molecule has 0 saturated carbocycles. The van der Waals surface area contributed by atoms with Crippen LogP contribution in [0, 0.1) is 0 Å². The molecular formula is C19H26N4O. The van der Waals surface area contributed by atoms with Gasteiger partial charge in [0.2, 0.25) is 5.91 Å². The number of carbonyl (C=O) groups excluding carboxylic acids is 1. The number of hydrogen-bond donors (Lipinski definition) is 0. The van der Waals surface area contributed by atoms with Crippen molar-refractivity contribution >= 4 is 5.91 Å². The van der Waals surface area contributed by atoms with Gasteiger partial charge in [-0.3, -0.25) is 14.8 Å². The number of aromatic nitrogens is 2. The lowest BCUT2D eigenvalue weighted by molar-refractivity contribution is -0.132. The SMILES string of the molecule is CN(C)CCN(Cc1ccccn1)C(=O)CCCc1ccccn1. The van der Waals surface area contributed by atoms with Crippen molar-refractivity contribution in [2.45, 2.75) is 25.8 Å². The number of hydrogen-bond acceptors (Lipinski definition) is 4. The van der Waals surface area contributed by atoms with Gasteiger partial charge in [0.25, 0.3) is 0 Å². The van der Waals surface area contributed by atoms with Gasteiger partial charge in [0.1, 0.15) is 0 Å². The minimum Gasteiger partial charge on any atom is -0.336 e. The van der Waals surface area contributed by atoms with Gasteiger partial charge in [0, 0.05) is 37.6 Å². The maximum atomic E-state index is 12.6. The molecule has 2 heterocycles. The average Bonchev–Trinajstić information content (AvgIpc) is 2.60. The molecule has 2 aromatic rings. The second-order valence-electron chi connectivity index (χ2n) is 6.11. The molecule has 0 atom stereocenters. The Morgan fingerprint density at radius 1 is 0.958 bits per heavy atom. The Morgan fingerprint density at radius 3 is 2.21 bits per heavy atom. The van der Waals surface area contributed by atoms with E-state index < -0.39 is 0 Å². The first-order chi connectivity index (χ1) is 11.6. The van der Waals surface area contributed by atoms with E-state index in [0.717, 1.165) is 30.8 Å². The van der Waals surface area contributed by atoms with E-state index in [1.54, 1.807) is 12.4 Å². The predicted molar refractivity (Wildman–Crippen MR) is 95.4 cm³/mol. The Morgan fingerprint density at radius 2 is 1.62 bits per heavy atom. The molecule has 5 nitrogen and oxygen atoms in total. The minimum atomic E-state index is 0.179. The van der Waals surface area contributed by atoms with Crippen molar-refractivity contribution in [1.82, 2.24) is 19.8 Å². The first-order valence-electron chi connectivity index (χ1n) is 8.37. The molecule has 0 aromatic carbocycles. The van der Waals surface area contributed by atoms with Gasteiger partial charge < -0.3 is 9.80 Å². The fraction of sp³-hybridized carbons (Fsp3) is 0.421. The lowest BCUT2D eigenvalue weighted by Crippen LogP contribution is -2.36. The summed E-state index contributed by atoms with van der Waals surface area (Å²) in [6.45, 7) is 2.13. The number of rotatable bonds is 9. The standard InChI is InChI=1S/C19H26N4O/c1-22(2)14-15-23(16-18-9-4-6-13-21-18)19(24)11-7-10-17-8-3-5-12-20-17/h3-6,8-9,12-13H,7,10-11,14-16H2,1-2H3. The third-order valence-corrected chi connectivity index (χ3v) is 3.80. The first-order valence-corrected chi connectivity index (χ1v) is 8.37. The van der Waals surface area contributed by atoms with Crippen LogP contribution in [0.5, 0.6) is 0 Å². The Balaban J connectivity index is 1.88. The highest BCUT2D eigenvalue weighted by atomic mass is 16.2. The Kier molecular flexibility index (Phi) is 7.36. The first kappa shape index (κ1) is 18.1. The molecule has 24 heavy (non-hydrogen) atoms. The molecule has 0 unspecified atom stereocenters. The van der Waals surface area contributed by atoms with Crippen LogP contribution in [0.4, 0.5) is 0 Å². The third-order valence-electron chi connectivity index (χ3n) is 3.80. The largest absolute Gasteiger partial charge is 0.336 e. The average molecular weight is 326 g/mol. The van der Waals surface area contributed by atoms with Crippen LogP contribution in [0.2, 0.25) is 0 Å². The topological polar surface area (TPSA) is 49.3 Å². The quantitative estimate of drug-likeness (QED) is 0.710. The second kappa shape index (κ2) is 9.78. The smallest absolute Gasteiger partial charge is 0.222 e. The molecule has 0 N–H and O–H groups in total. The maximum Gasteiger partial charge on any atom is 0.222 e. The van der Waals surface area contributed by atoms with Crippen LogP contribution < -0.4 is 0 Å². The third kappa shape index (κ3) is 6.46. The van der Waals surface area contributed by atoms with Crippen LogP contribution in [0.15, 0.2) is 48.8 Å². The van der Waals surface area contributed by atoms with Crippen LogP contribution in [-0.2, 0) is 17.8 Å². The summed E-state index contributed by atoms with van der Waals surface area (Å²) in [5, 5.41) is 0. The van der Waals surface area contributed by atoms with E-state index in [0.29, 0.717) is 19.5 Å². The van der Waals surface area contributed by atoms with E-state index in [4.69, 9.17) is 0 Å². The van der Waals surface area contributed by atoms with Gasteiger partial charge >= 0.3 is 0 Å². The monoisotopic (exact) mass is 326 g/mol. The fourth-order valence-corrected chi connectivity index (χ4v) is 2.42. The van der Waals surface area contributed by atoms with Crippen LogP contribution >= 0.6 is 0 Å². The Bertz CT molecular complexity index is 601. The van der Waals surface area contributed by atoms with E-state index in [1.165, 1.54) is 0 Å². The zero-order chi connectivity index (χ0) is 17.2. The zero-order valence-electron chi connectivity index (χ0n) is 14.6. The number of pyridine rings is 2. The van der Waals surface area contributed by atoms with Crippen LogP contribution in [0.3, 0.4) is 0 Å². The normalized spacial score (nSPS) is 10.8. The maximum absolute atomic E-state index is 12.6. The van der Waals surface area contributed by atoms with Gasteiger partial charge in [0.15, 0.2) is 0 Å². The highest BCUT2D eigenvalue weighted by Crippen LogP contribution is 2.08. The molecule has 0 radical (unpaired) electrons. The van der Waals surface area contributed by atoms with Crippen LogP contribution in [0.1, 0.15) is 24.2 Å². The summed E-state index contributed by atoms with van der Waals surface area (Å²) in [4.78, 5) is 25.2. The number of carbonyl (C=O) groups is 1. The van der Waals surface area contributed by atoms with Gasteiger partial charge in [-0.1, -0.05) is 12.1 Å². The lowest BCUT2D eigenvalue weighted by Gasteiger charge is -2.24. The highest BCUT2D eigenvalue weighted by molar-refractivity contribution is 5.76. The zero-order valence-corrected chi connectivity index (χ0v) is 14.6. The summed E-state index contributed by atoms with van der Waals surface area (Å²) < 4.78 is 0. The predicted octanol–water partition coefficient (Wildman–Crippen LogP) is 2.39. The summed E-state index contributed by atoms with van der Waals surface area (Å²) in [5.74, 6) is 0.179. The van der Waals surface area contributed by atoms with Crippen molar-refractivity contribution in [3.63, 3.8) is 0 Å². The molecule has 2 rings (SSSR count). The Hall–Kier alpha value is -2.27. The molecule has 0 aliphatic carbocycles. The molecule has 128 valence electrons. The molecule has 0 saturated heterocycles. The van der Waals surface area contributed by atoms with Gasteiger partial charge in [-0.15, -0.1) is 0 Å². The number of likely N-dealkylation sites (N-methyl/N-ethyl adjacent to an activating group) is 1. The van der Waals surface area contributed by atoms with Crippen LogP contribution in [-0.4, -0.2) is 52.9 Å². The van der Waals surface area contributed by atoms with E-state index >= 15 is 0 Å². The van der Waals surface area contributed by atoms with Gasteiger partial charge in [-0.05, 0) is 51.2 Å². The summed E-state index contributed by atoms with van der Waals surface area (Å²) in [5.41, 5.74) is 1.96. The van der Waals surface area contributed by atoms with E-state index in [2.05, 4.69) is 14.9 Å². The molecule has 0 aliphatic rings. The summed E-state index contributed by atoms with van der Waals surface area (Å²) >= 11 is 0. The van der Waals surface area contributed by atoms with Gasteiger partial charge in [-0.2, -0.15) is 0 Å². The second-order valence-corrected chi connectivity index (χ2v) is 6.11. The van der Waals surface area contributed by atoms with Crippen molar-refractivity contribution in [3.05, 3.63) is 60.2 Å². The minimum absolute atomic E-state index is 0.179. The van der Waals surface area contributed by atoms with Crippen molar-refractivity contribution in [2.75, 3.05) is 27.2 Å². The molecule has 0 fully saturated rings. The fourth-order valence-electron chi connectivity index (χ4n) is 2.42. The van der Waals surface area contributed by atoms with Gasteiger partial charge in [0.05, 0.1) is 12.2 Å². The molecule has 5 heteroatoms. The summed E-state index contributed by atoms with van der Waals surface area (Å²) in [6.07, 6.45) is 5.75. The number of nitrogens with zero attached hydrogens (tertiary/aromatic N) is 4. The summed E-state index contributed by atoms with van der Waals surface area (Å²) in [6, 6.07) is 11.7. The molecule has 0 spiro atoms. The van der Waals surface area contributed by atoms with Crippen molar-refractivity contribution in [2.24, 2.45) is 0 Å². The van der Waals surface area contributed by atoms with E-state index in [9.17, 15) is 4.79 Å². The molecular weight excluding hydrogens is 300 g/mol. The summed E-state index contributed by atoms with van der Waals surface area (Å²) in [7, 11) is 4.04. The van der Waals surface area contributed by atoms with Crippen LogP contribution in [0.25, 0.3) is 0 Å². The van der Waals surface area contributed by atoms with E-state index in [-0.39, 0.29) is 5.91 Å². The molecule has 2 aromatic heterocycles. The molecule has 1 amide bonds. The van der Waals surface area contributed by atoms with E-state index in [1.807, 2.05) is 55.4 Å². The Labute approximate surface area is 144 Å². The molecule has 0 bridgehead atoms. The van der Waals surface area contributed by atoms with Crippen molar-refractivity contribution in [3.8, 4) is 0 Å².